The molecular weight excluding hydrogens is 317 g/mol. The number of rotatable bonds is 4. The zero-order valence-electron chi connectivity index (χ0n) is 11.0. The third-order valence-corrected chi connectivity index (χ3v) is 3.09. The van der Waals surface area contributed by atoms with Gasteiger partial charge in [0, 0.05) is 32.7 Å². The van der Waals surface area contributed by atoms with E-state index in [2.05, 4.69) is 43.5 Å². The van der Waals surface area contributed by atoms with Gasteiger partial charge in [0.25, 0.3) is 0 Å². The Morgan fingerprint density at radius 2 is 1.89 bits per heavy atom. The number of thioether (sulfide) groups is 1. The maximum absolute atomic E-state index is 5.72. The van der Waals surface area contributed by atoms with Crippen LogP contribution in [0, 0.1) is 20.6 Å². The summed E-state index contributed by atoms with van der Waals surface area (Å²) in [5.41, 5.74) is 1.21. The van der Waals surface area contributed by atoms with Crippen LogP contribution in [0.15, 0.2) is 36.4 Å². The van der Waals surface area contributed by atoms with Crippen LogP contribution in [0.4, 0.5) is 0 Å². The van der Waals surface area contributed by atoms with Crippen LogP contribution >= 0.6 is 11.8 Å². The van der Waals surface area contributed by atoms with Crippen molar-refractivity contribution < 1.29 is 37.4 Å². The number of aryl methyl sites for hydroxylation is 1. The first-order valence-corrected chi connectivity index (χ1v) is 6.46. The van der Waals surface area contributed by atoms with Crippen LogP contribution in [0.2, 0.25) is 0 Å². The van der Waals surface area contributed by atoms with Gasteiger partial charge in [0.15, 0.2) is 0 Å². The van der Waals surface area contributed by atoms with Crippen LogP contribution in [0.5, 0.6) is 5.75 Å². The van der Waals surface area contributed by atoms with Gasteiger partial charge < -0.3 is 23.9 Å². The number of hydrogen-bond acceptors (Lipinski definition) is 2. The fourth-order valence-electron chi connectivity index (χ4n) is 1.77. The molecule has 0 bridgehead atoms. The Balaban J connectivity index is 0.00000144. The molecule has 0 aromatic heterocycles. The first-order chi connectivity index (χ1) is 7.83. The van der Waals surface area contributed by atoms with Crippen molar-refractivity contribution in [2.24, 2.45) is 0 Å². The molecule has 2 aromatic rings. The van der Waals surface area contributed by atoms with Gasteiger partial charge in [-0.15, -0.1) is 0 Å². The van der Waals surface area contributed by atoms with Crippen molar-refractivity contribution >= 4 is 22.5 Å². The molecule has 0 heterocycles. The van der Waals surface area contributed by atoms with Gasteiger partial charge in [-0.2, -0.15) is 0 Å². The molecular formula is C15H18OSY-2. The Bertz CT molecular complexity index is 485. The van der Waals surface area contributed by atoms with Crippen molar-refractivity contribution in [1.29, 1.82) is 0 Å². The predicted octanol–water partition coefficient (Wildman–Crippen LogP) is 4.50. The quantitative estimate of drug-likeness (QED) is 0.601. The van der Waals surface area contributed by atoms with E-state index in [1.165, 1.54) is 16.3 Å². The molecule has 0 saturated carbocycles. The first kappa shape index (κ1) is 18.0. The fourth-order valence-corrected chi connectivity index (χ4v) is 1.98. The maximum Gasteiger partial charge on any atom is 0.122 e. The molecule has 0 aliphatic heterocycles. The van der Waals surface area contributed by atoms with E-state index in [0.717, 1.165) is 11.5 Å². The van der Waals surface area contributed by atoms with Gasteiger partial charge in [0.1, 0.15) is 5.75 Å². The summed E-state index contributed by atoms with van der Waals surface area (Å²) in [6, 6.07) is 12.5. The minimum Gasteiger partial charge on any atom is -0.493 e. The second-order valence-electron chi connectivity index (χ2n) is 3.67. The Morgan fingerprint density at radius 3 is 2.61 bits per heavy atom. The van der Waals surface area contributed by atoms with Crippen molar-refractivity contribution in [3.63, 3.8) is 0 Å². The molecule has 0 N–H and O–H groups in total. The van der Waals surface area contributed by atoms with Crippen LogP contribution in [-0.2, 0) is 32.7 Å². The van der Waals surface area contributed by atoms with E-state index in [9.17, 15) is 0 Å². The van der Waals surface area contributed by atoms with Gasteiger partial charge >= 0.3 is 0 Å². The number of fused-ring (bicyclic) bond motifs is 1. The number of hydrogen-bond donors (Lipinski definition) is 0. The topological polar surface area (TPSA) is 9.23 Å². The van der Waals surface area contributed by atoms with Crippen molar-refractivity contribution in [2.45, 2.75) is 6.92 Å². The average molecular weight is 335 g/mol. The van der Waals surface area contributed by atoms with E-state index >= 15 is 0 Å². The summed E-state index contributed by atoms with van der Waals surface area (Å²) in [5, 5.41) is 2.53. The summed E-state index contributed by atoms with van der Waals surface area (Å²) in [7, 11) is 0. The predicted molar refractivity (Wildman–Crippen MR) is 78.4 cm³/mol. The molecule has 0 aliphatic rings. The van der Waals surface area contributed by atoms with Crippen LogP contribution in [-0.4, -0.2) is 12.4 Å². The summed E-state index contributed by atoms with van der Waals surface area (Å²) < 4.78 is 5.72. The second kappa shape index (κ2) is 8.95. The summed E-state index contributed by atoms with van der Waals surface area (Å²) in [5.74, 6) is 1.90. The molecule has 0 fully saturated rings. The van der Waals surface area contributed by atoms with Crippen molar-refractivity contribution in [2.75, 3.05) is 12.4 Å². The summed E-state index contributed by atoms with van der Waals surface area (Å²) in [6.45, 7) is 2.82. The molecule has 1 nitrogen and oxygen atoms in total. The Hall–Kier alpha value is -0.0461. The summed E-state index contributed by atoms with van der Waals surface area (Å²) in [4.78, 5) is 0. The second-order valence-corrected chi connectivity index (χ2v) is 4.48. The largest absolute Gasteiger partial charge is 0.493 e. The van der Waals surface area contributed by atoms with Gasteiger partial charge in [-0.1, -0.05) is 30.3 Å². The molecule has 0 amide bonds. The third kappa shape index (κ3) is 4.26. The molecule has 95 valence electrons. The Kier molecular flexibility index (Phi) is 8.93. The van der Waals surface area contributed by atoms with E-state index in [-0.39, 0.29) is 40.1 Å². The molecule has 2 rings (SSSR count). The molecule has 1 radical (unpaired) electrons. The molecule has 18 heavy (non-hydrogen) atoms. The normalized spacial score (nSPS) is 9.44. The van der Waals surface area contributed by atoms with Crippen LogP contribution in [0.1, 0.15) is 5.56 Å². The summed E-state index contributed by atoms with van der Waals surface area (Å²) >= 11 is 1.56. The molecule has 2 aromatic carbocycles. The zero-order valence-corrected chi connectivity index (χ0v) is 14.6. The van der Waals surface area contributed by atoms with Gasteiger partial charge in [-0.05, 0) is 35.1 Å². The SMILES string of the molecule is [CH2-]SCCOc1ccc2ccccc2c1C.[CH3-].[Y]. The van der Waals surface area contributed by atoms with Crippen molar-refractivity contribution in [1.82, 2.24) is 0 Å². The molecule has 0 unspecified atom stereocenters. The molecule has 0 saturated heterocycles. The van der Waals surface area contributed by atoms with Gasteiger partial charge in [-0.25, -0.2) is 0 Å². The van der Waals surface area contributed by atoms with Crippen LogP contribution in [0.25, 0.3) is 10.8 Å². The average Bonchev–Trinajstić information content (AvgIpc) is 2.33. The standard InChI is InChI=1S/C14H15OS.CH3.Y/c1-11-13-6-4-3-5-12(13)7-8-14(11)15-9-10-16-2;;/h3-8H,2,9-10H2,1H3;1H3;/q2*-1;. The smallest absolute Gasteiger partial charge is 0.122 e. The van der Waals surface area contributed by atoms with E-state index < -0.39 is 0 Å². The minimum absolute atomic E-state index is 0. The van der Waals surface area contributed by atoms with Gasteiger partial charge in [-0.3, -0.25) is 6.26 Å². The number of benzene rings is 2. The molecule has 0 spiro atoms. The van der Waals surface area contributed by atoms with Gasteiger partial charge in [0.05, 0.1) is 6.61 Å². The van der Waals surface area contributed by atoms with E-state index in [0.29, 0.717) is 6.61 Å². The number of ether oxygens (including phenoxy) is 1. The molecule has 3 heteroatoms. The van der Waals surface area contributed by atoms with E-state index in [1.807, 2.05) is 6.07 Å². The zero-order chi connectivity index (χ0) is 11.4. The first-order valence-electron chi connectivity index (χ1n) is 5.31. The van der Waals surface area contributed by atoms with Crippen LogP contribution < -0.4 is 4.74 Å². The van der Waals surface area contributed by atoms with Gasteiger partial charge in [0.2, 0.25) is 0 Å². The maximum atomic E-state index is 5.72. The molecule has 0 aliphatic carbocycles. The Labute approximate surface area is 140 Å². The Morgan fingerprint density at radius 1 is 1.17 bits per heavy atom. The summed E-state index contributed by atoms with van der Waals surface area (Å²) in [6.07, 6.45) is 3.73. The fraction of sp³-hybridized carbons (Fsp3) is 0.200. The minimum atomic E-state index is 0. The van der Waals surface area contributed by atoms with E-state index in [4.69, 9.17) is 4.74 Å². The molecule has 0 atom stereocenters. The van der Waals surface area contributed by atoms with E-state index in [1.54, 1.807) is 11.8 Å². The van der Waals surface area contributed by atoms with Crippen molar-refractivity contribution in [3.05, 3.63) is 55.6 Å². The van der Waals surface area contributed by atoms with Crippen LogP contribution in [0.3, 0.4) is 0 Å². The third-order valence-electron chi connectivity index (χ3n) is 2.63. The monoisotopic (exact) mass is 335 g/mol. The van der Waals surface area contributed by atoms with Crippen molar-refractivity contribution in [3.8, 4) is 5.75 Å².